The molecule has 0 fully saturated rings. The summed E-state index contributed by atoms with van der Waals surface area (Å²) in [7, 11) is 0. The Labute approximate surface area is 316 Å². The maximum Gasteiger partial charge on any atom is 0.0544 e. The van der Waals surface area contributed by atoms with Crippen molar-refractivity contribution in [1.29, 1.82) is 0 Å². The first kappa shape index (κ1) is 31.8. The van der Waals surface area contributed by atoms with Crippen LogP contribution in [-0.2, 0) is 0 Å². The van der Waals surface area contributed by atoms with Gasteiger partial charge in [0.05, 0.1) is 16.7 Å². The lowest BCUT2D eigenvalue weighted by molar-refractivity contribution is 0.992. The highest BCUT2D eigenvalue weighted by Crippen LogP contribution is 2.43. The van der Waals surface area contributed by atoms with Crippen molar-refractivity contribution in [2.75, 3.05) is 4.90 Å². The van der Waals surface area contributed by atoms with Gasteiger partial charge >= 0.3 is 0 Å². The molecule has 0 unspecified atom stereocenters. The van der Waals surface area contributed by atoms with E-state index in [4.69, 9.17) is 0 Å². The highest BCUT2D eigenvalue weighted by molar-refractivity contribution is 6.21. The molecule has 0 bridgehead atoms. The fourth-order valence-electron chi connectivity index (χ4n) is 8.32. The molecule has 0 amide bonds. The Hall–Kier alpha value is -6.90. The molecule has 1 aliphatic carbocycles. The molecule has 1 aromatic heterocycles. The lowest BCUT2D eigenvalue weighted by Gasteiger charge is -2.28. The van der Waals surface area contributed by atoms with Crippen LogP contribution >= 0.6 is 0 Å². The largest absolute Gasteiger partial charge is 0.313 e. The molecule has 0 aliphatic heterocycles. The van der Waals surface area contributed by atoms with E-state index in [9.17, 15) is 0 Å². The molecular formula is C52H38N2. The van der Waals surface area contributed by atoms with Gasteiger partial charge in [0.1, 0.15) is 0 Å². The lowest BCUT2D eigenvalue weighted by Crippen LogP contribution is -2.11. The van der Waals surface area contributed by atoms with Crippen LogP contribution in [0.1, 0.15) is 18.4 Å². The molecule has 0 radical (unpaired) electrons. The zero-order valence-electron chi connectivity index (χ0n) is 29.9. The van der Waals surface area contributed by atoms with Gasteiger partial charge in [-0.05, 0) is 100.0 Å². The summed E-state index contributed by atoms with van der Waals surface area (Å²) < 4.78 is 2.48. The Morgan fingerprint density at radius 1 is 0.389 bits per heavy atom. The predicted molar refractivity (Wildman–Crippen MR) is 230 cm³/mol. The van der Waals surface area contributed by atoms with E-state index in [-0.39, 0.29) is 0 Å². The summed E-state index contributed by atoms with van der Waals surface area (Å²) in [5, 5.41) is 5.24. The van der Waals surface area contributed by atoms with E-state index in [0.29, 0.717) is 0 Å². The monoisotopic (exact) mass is 690 g/mol. The number of rotatable bonds is 7. The zero-order valence-corrected chi connectivity index (χ0v) is 29.9. The van der Waals surface area contributed by atoms with Gasteiger partial charge in [-0.15, -0.1) is 0 Å². The lowest BCUT2D eigenvalue weighted by atomic mass is 9.95. The standard InChI is InChI=1S/C52H38N2/c1-3-13-37(14-4-1)38-23-30-43(31-24-38)53(49-21-11-9-18-46(49)41-15-5-2-6-16-41)44-32-25-39(26-33-44)40-27-34-45(35-28-40)54-50-22-12-10-20-48(50)52-47-19-8-7-17-42(47)29-36-51(52)54/h1-27,29-34,36H,28,35H2. The smallest absolute Gasteiger partial charge is 0.0544 e. The number of hydrogen-bond acceptors (Lipinski definition) is 1. The van der Waals surface area contributed by atoms with Crippen LogP contribution in [0.25, 0.3) is 66.1 Å². The van der Waals surface area contributed by atoms with Crippen LogP contribution in [0.15, 0.2) is 206 Å². The SMILES string of the molecule is C1=C(c2ccc(N(c3ccc(-c4ccccc4)cc3)c3ccccc3-c3ccccc3)cc2)CCC(n2c3ccccc3c3c4ccccc4ccc32)=C1. The summed E-state index contributed by atoms with van der Waals surface area (Å²) in [6.07, 6.45) is 6.62. The molecule has 0 N–H and O–H groups in total. The number of anilines is 3. The number of allylic oxidation sites excluding steroid dienone is 4. The normalized spacial score (nSPS) is 12.9. The van der Waals surface area contributed by atoms with Crippen LogP contribution in [0.2, 0.25) is 0 Å². The molecule has 0 saturated heterocycles. The zero-order chi connectivity index (χ0) is 35.8. The van der Waals surface area contributed by atoms with Gasteiger partial charge in [0.25, 0.3) is 0 Å². The molecular weight excluding hydrogens is 653 g/mol. The third kappa shape index (κ3) is 5.60. The molecule has 9 aromatic rings. The molecule has 256 valence electrons. The number of benzene rings is 8. The number of para-hydroxylation sites is 2. The Morgan fingerprint density at radius 3 is 1.70 bits per heavy atom. The highest BCUT2D eigenvalue weighted by atomic mass is 15.1. The molecule has 1 heterocycles. The highest BCUT2D eigenvalue weighted by Gasteiger charge is 2.20. The molecule has 0 spiro atoms. The van der Waals surface area contributed by atoms with Crippen LogP contribution in [0.3, 0.4) is 0 Å². The summed E-state index contributed by atoms with van der Waals surface area (Å²) in [5.74, 6) is 0. The minimum absolute atomic E-state index is 0.971. The van der Waals surface area contributed by atoms with Crippen LogP contribution in [0, 0.1) is 0 Å². The van der Waals surface area contributed by atoms with Crippen molar-refractivity contribution in [2.24, 2.45) is 0 Å². The topological polar surface area (TPSA) is 8.17 Å². The summed E-state index contributed by atoms with van der Waals surface area (Å²) in [6, 6.07) is 70.2. The van der Waals surface area contributed by atoms with Crippen molar-refractivity contribution < 1.29 is 0 Å². The summed E-state index contributed by atoms with van der Waals surface area (Å²) in [6.45, 7) is 0. The summed E-state index contributed by atoms with van der Waals surface area (Å²) in [5.41, 5.74) is 14.7. The van der Waals surface area contributed by atoms with Crippen molar-refractivity contribution >= 4 is 60.9 Å². The second kappa shape index (κ2) is 13.6. The van der Waals surface area contributed by atoms with Gasteiger partial charge < -0.3 is 9.47 Å². The number of hydrogen-bond donors (Lipinski definition) is 0. The van der Waals surface area contributed by atoms with E-state index < -0.39 is 0 Å². The Kier molecular flexibility index (Phi) is 8.00. The van der Waals surface area contributed by atoms with Crippen LogP contribution in [0.5, 0.6) is 0 Å². The van der Waals surface area contributed by atoms with E-state index in [1.807, 2.05) is 0 Å². The molecule has 0 saturated carbocycles. The van der Waals surface area contributed by atoms with Gasteiger partial charge in [-0.3, -0.25) is 0 Å². The van der Waals surface area contributed by atoms with Crippen molar-refractivity contribution in [2.45, 2.75) is 12.8 Å². The van der Waals surface area contributed by atoms with Gasteiger partial charge in [0.15, 0.2) is 0 Å². The average Bonchev–Trinajstić information content (AvgIpc) is 3.60. The molecule has 8 aromatic carbocycles. The van der Waals surface area contributed by atoms with E-state index in [1.54, 1.807) is 0 Å². The van der Waals surface area contributed by atoms with Gasteiger partial charge in [0.2, 0.25) is 0 Å². The Morgan fingerprint density at radius 2 is 0.981 bits per heavy atom. The van der Waals surface area contributed by atoms with Crippen LogP contribution in [0.4, 0.5) is 17.1 Å². The Bertz CT molecular complexity index is 2840. The van der Waals surface area contributed by atoms with Gasteiger partial charge in [0, 0.05) is 33.4 Å². The minimum Gasteiger partial charge on any atom is -0.313 e. The predicted octanol–water partition coefficient (Wildman–Crippen LogP) is 14.5. The quantitative estimate of drug-likeness (QED) is 0.162. The fraction of sp³-hybridized carbons (Fsp3) is 0.0385. The molecule has 0 atom stereocenters. The first-order chi connectivity index (χ1) is 26.8. The molecule has 1 aliphatic rings. The van der Waals surface area contributed by atoms with Gasteiger partial charge in [-0.2, -0.15) is 0 Å². The summed E-state index contributed by atoms with van der Waals surface area (Å²) >= 11 is 0. The maximum atomic E-state index is 2.48. The molecule has 2 heteroatoms. The van der Waals surface area contributed by atoms with Crippen molar-refractivity contribution in [3.05, 3.63) is 212 Å². The third-order valence-electron chi connectivity index (χ3n) is 10.9. The number of aromatic nitrogens is 1. The second-order valence-corrected chi connectivity index (χ2v) is 14.1. The minimum atomic E-state index is 0.971. The van der Waals surface area contributed by atoms with E-state index in [0.717, 1.165) is 29.9 Å². The van der Waals surface area contributed by atoms with Crippen molar-refractivity contribution in [3.8, 4) is 22.3 Å². The van der Waals surface area contributed by atoms with Crippen molar-refractivity contribution in [1.82, 2.24) is 4.57 Å². The van der Waals surface area contributed by atoms with Crippen molar-refractivity contribution in [3.63, 3.8) is 0 Å². The number of nitrogens with zero attached hydrogens (tertiary/aromatic N) is 2. The Balaban J connectivity index is 1.02. The van der Waals surface area contributed by atoms with E-state index in [2.05, 4.69) is 216 Å². The maximum absolute atomic E-state index is 2.48. The third-order valence-corrected chi connectivity index (χ3v) is 10.9. The first-order valence-corrected chi connectivity index (χ1v) is 18.8. The first-order valence-electron chi connectivity index (χ1n) is 18.8. The summed E-state index contributed by atoms with van der Waals surface area (Å²) in [4.78, 5) is 2.39. The van der Waals surface area contributed by atoms with E-state index >= 15 is 0 Å². The van der Waals surface area contributed by atoms with Crippen LogP contribution in [-0.4, -0.2) is 4.57 Å². The van der Waals surface area contributed by atoms with Gasteiger partial charge in [-0.1, -0.05) is 158 Å². The average molecular weight is 691 g/mol. The fourth-order valence-corrected chi connectivity index (χ4v) is 8.32. The molecule has 10 rings (SSSR count). The second-order valence-electron chi connectivity index (χ2n) is 14.1. The molecule has 54 heavy (non-hydrogen) atoms. The van der Waals surface area contributed by atoms with E-state index in [1.165, 1.54) is 71.7 Å². The molecule has 2 nitrogen and oxygen atoms in total. The van der Waals surface area contributed by atoms with Gasteiger partial charge in [-0.25, -0.2) is 0 Å². The number of fused-ring (bicyclic) bond motifs is 5. The van der Waals surface area contributed by atoms with Crippen LogP contribution < -0.4 is 4.90 Å².